The Morgan fingerprint density at radius 2 is 1.83 bits per heavy atom. The molecule has 0 bridgehead atoms. The lowest BCUT2D eigenvalue weighted by Gasteiger charge is -2.09. The van der Waals surface area contributed by atoms with E-state index in [0.29, 0.717) is 35.8 Å². The Morgan fingerprint density at radius 3 is 2.57 bits per heavy atom. The number of tetrazole rings is 1. The topological polar surface area (TPSA) is 118 Å². The highest BCUT2D eigenvalue weighted by Gasteiger charge is 2.12. The first-order valence-corrected chi connectivity index (χ1v) is 9.59. The Balaban J connectivity index is 1.46. The van der Waals surface area contributed by atoms with Crippen molar-refractivity contribution in [3.63, 3.8) is 0 Å². The van der Waals surface area contributed by atoms with Crippen molar-refractivity contribution in [2.24, 2.45) is 0 Å². The van der Waals surface area contributed by atoms with Gasteiger partial charge in [0.2, 0.25) is 0 Å². The van der Waals surface area contributed by atoms with Crippen molar-refractivity contribution in [2.45, 2.75) is 19.9 Å². The third-order valence-electron chi connectivity index (χ3n) is 5.01. The molecular formula is C21H18N8O. The summed E-state index contributed by atoms with van der Waals surface area (Å²) in [7, 11) is 0. The summed E-state index contributed by atoms with van der Waals surface area (Å²) in [6.45, 7) is 2.47. The molecule has 5 rings (SSSR count). The molecule has 30 heavy (non-hydrogen) atoms. The molecule has 0 radical (unpaired) electrons. The average Bonchev–Trinajstić information content (AvgIpc) is 3.45. The maximum absolute atomic E-state index is 12.4. The van der Waals surface area contributed by atoms with Gasteiger partial charge in [-0.05, 0) is 27.1 Å². The molecule has 3 heterocycles. The van der Waals surface area contributed by atoms with Crippen LogP contribution in [-0.4, -0.2) is 40.1 Å². The van der Waals surface area contributed by atoms with E-state index in [9.17, 15) is 4.79 Å². The smallest absolute Gasteiger partial charge is 0.277 e. The fraction of sp³-hybridized carbons (Fsp3) is 0.143. The predicted octanol–water partition coefficient (Wildman–Crippen LogP) is 2.58. The van der Waals surface area contributed by atoms with E-state index in [-0.39, 0.29) is 5.56 Å². The van der Waals surface area contributed by atoms with Crippen molar-refractivity contribution >= 4 is 11.2 Å². The number of hydrogen-bond donors (Lipinski definition) is 2. The van der Waals surface area contributed by atoms with Crippen molar-refractivity contribution in [2.75, 3.05) is 0 Å². The second-order valence-corrected chi connectivity index (χ2v) is 6.90. The highest BCUT2D eigenvalue weighted by Crippen LogP contribution is 2.29. The molecule has 0 saturated carbocycles. The summed E-state index contributed by atoms with van der Waals surface area (Å²) < 4.78 is 1.82. The summed E-state index contributed by atoms with van der Waals surface area (Å²) in [5, 5.41) is 14.2. The molecule has 0 atom stereocenters. The largest absolute Gasteiger partial charge is 0.320 e. The third kappa shape index (κ3) is 3.16. The molecule has 3 aromatic heterocycles. The quantitative estimate of drug-likeness (QED) is 0.470. The Morgan fingerprint density at radius 1 is 1.03 bits per heavy atom. The lowest BCUT2D eigenvalue weighted by atomic mass is 9.98. The number of rotatable bonds is 5. The number of benzene rings is 2. The molecule has 148 valence electrons. The van der Waals surface area contributed by atoms with E-state index >= 15 is 0 Å². The van der Waals surface area contributed by atoms with Gasteiger partial charge < -0.3 is 9.55 Å². The maximum atomic E-state index is 12.4. The van der Waals surface area contributed by atoms with Gasteiger partial charge >= 0.3 is 0 Å². The van der Waals surface area contributed by atoms with Crippen LogP contribution in [0.1, 0.15) is 18.3 Å². The van der Waals surface area contributed by atoms with E-state index in [4.69, 9.17) is 0 Å². The minimum absolute atomic E-state index is 0.166. The summed E-state index contributed by atoms with van der Waals surface area (Å²) in [5.74, 6) is 1.26. The molecule has 0 fully saturated rings. The minimum Gasteiger partial charge on any atom is -0.320 e. The number of H-pyrrole nitrogens is 2. The normalized spacial score (nSPS) is 11.2. The first kappa shape index (κ1) is 17.9. The van der Waals surface area contributed by atoms with Crippen LogP contribution < -0.4 is 5.56 Å². The van der Waals surface area contributed by atoms with Crippen LogP contribution in [0.5, 0.6) is 0 Å². The molecule has 0 unspecified atom stereocenters. The highest BCUT2D eigenvalue weighted by molar-refractivity contribution is 5.80. The summed E-state index contributed by atoms with van der Waals surface area (Å²) in [6.07, 6.45) is 2.32. The molecule has 0 aliphatic heterocycles. The molecule has 0 aliphatic carbocycles. The number of hydrogen-bond acceptors (Lipinski definition) is 6. The van der Waals surface area contributed by atoms with Crippen LogP contribution in [0.15, 0.2) is 59.7 Å². The number of aromatic nitrogens is 8. The van der Waals surface area contributed by atoms with Gasteiger partial charge in [-0.3, -0.25) is 4.79 Å². The SMILES string of the molecule is CCc1nc2ncn(Cc3ccc(-c4ccccc4-c4nnn[nH]4)cc3)c2c(=O)[nH]1. The van der Waals surface area contributed by atoms with Gasteiger partial charge in [-0.15, -0.1) is 5.10 Å². The molecule has 5 aromatic rings. The number of nitrogens with zero attached hydrogens (tertiary/aromatic N) is 6. The van der Waals surface area contributed by atoms with E-state index in [1.54, 1.807) is 6.33 Å². The van der Waals surface area contributed by atoms with Gasteiger partial charge in [-0.2, -0.15) is 0 Å². The van der Waals surface area contributed by atoms with Gasteiger partial charge in [0.15, 0.2) is 17.0 Å². The highest BCUT2D eigenvalue weighted by atomic mass is 16.1. The van der Waals surface area contributed by atoms with Crippen LogP contribution in [0.2, 0.25) is 0 Å². The van der Waals surface area contributed by atoms with E-state index in [1.807, 2.05) is 47.9 Å². The molecule has 0 aliphatic rings. The van der Waals surface area contributed by atoms with Crippen LogP contribution in [0, 0.1) is 0 Å². The first-order chi connectivity index (χ1) is 14.7. The lowest BCUT2D eigenvalue weighted by Crippen LogP contribution is -2.15. The predicted molar refractivity (Wildman–Crippen MR) is 112 cm³/mol. The molecule has 2 N–H and O–H groups in total. The van der Waals surface area contributed by atoms with E-state index in [2.05, 4.69) is 47.7 Å². The number of fused-ring (bicyclic) bond motifs is 1. The van der Waals surface area contributed by atoms with Gasteiger partial charge in [-0.1, -0.05) is 55.5 Å². The standard InChI is InChI=1S/C21H18N8O/c1-2-17-23-20-18(21(30)24-17)29(12-22-20)11-13-7-9-14(10-8-13)15-5-3-4-6-16(15)19-25-27-28-26-19/h3-10,12H,2,11H2,1H3,(H,23,24,30)(H,25,26,27,28). The van der Waals surface area contributed by atoms with E-state index in [1.165, 1.54) is 0 Å². The van der Waals surface area contributed by atoms with E-state index < -0.39 is 0 Å². The Labute approximate surface area is 170 Å². The van der Waals surface area contributed by atoms with Crippen molar-refractivity contribution < 1.29 is 0 Å². The molecule has 9 heteroatoms. The molecular weight excluding hydrogens is 380 g/mol. The minimum atomic E-state index is -0.166. The van der Waals surface area contributed by atoms with Gasteiger partial charge in [0, 0.05) is 18.5 Å². The summed E-state index contributed by atoms with van der Waals surface area (Å²) in [4.78, 5) is 24.0. The summed E-state index contributed by atoms with van der Waals surface area (Å²) >= 11 is 0. The van der Waals surface area contributed by atoms with Gasteiger partial charge in [0.1, 0.15) is 5.82 Å². The number of aryl methyl sites for hydroxylation is 1. The van der Waals surface area contributed by atoms with Gasteiger partial charge in [0.05, 0.1) is 6.33 Å². The number of nitrogens with one attached hydrogen (secondary N) is 2. The fourth-order valence-corrected chi connectivity index (χ4v) is 3.52. The molecule has 0 saturated heterocycles. The Hall–Kier alpha value is -4.14. The van der Waals surface area contributed by atoms with Crippen molar-refractivity contribution in [3.05, 3.63) is 76.6 Å². The van der Waals surface area contributed by atoms with Crippen LogP contribution in [-0.2, 0) is 13.0 Å². The zero-order chi connectivity index (χ0) is 20.5. The van der Waals surface area contributed by atoms with E-state index in [0.717, 1.165) is 22.3 Å². The maximum Gasteiger partial charge on any atom is 0.277 e. The van der Waals surface area contributed by atoms with Gasteiger partial charge in [-0.25, -0.2) is 15.1 Å². The molecule has 2 aromatic carbocycles. The molecule has 0 spiro atoms. The Kier molecular flexibility index (Phi) is 4.40. The third-order valence-corrected chi connectivity index (χ3v) is 5.01. The zero-order valence-corrected chi connectivity index (χ0v) is 16.2. The number of imidazole rings is 1. The van der Waals surface area contributed by atoms with Crippen molar-refractivity contribution in [3.8, 4) is 22.5 Å². The summed E-state index contributed by atoms with van der Waals surface area (Å²) in [5.41, 5.74) is 4.86. The van der Waals surface area contributed by atoms with Crippen LogP contribution in [0.3, 0.4) is 0 Å². The van der Waals surface area contributed by atoms with Gasteiger partial charge in [0.25, 0.3) is 5.56 Å². The summed E-state index contributed by atoms with van der Waals surface area (Å²) in [6, 6.07) is 16.1. The molecule has 9 nitrogen and oxygen atoms in total. The second kappa shape index (κ2) is 7.36. The lowest BCUT2D eigenvalue weighted by molar-refractivity contribution is 0.817. The van der Waals surface area contributed by atoms with Crippen LogP contribution in [0.25, 0.3) is 33.7 Å². The molecule has 0 amide bonds. The van der Waals surface area contributed by atoms with Crippen molar-refractivity contribution in [1.82, 2.24) is 40.1 Å². The Bertz CT molecular complexity index is 1370. The van der Waals surface area contributed by atoms with Crippen LogP contribution >= 0.6 is 0 Å². The van der Waals surface area contributed by atoms with Crippen LogP contribution in [0.4, 0.5) is 0 Å². The average molecular weight is 398 g/mol. The zero-order valence-electron chi connectivity index (χ0n) is 16.2. The fourth-order valence-electron chi connectivity index (χ4n) is 3.52. The first-order valence-electron chi connectivity index (χ1n) is 9.59. The van der Waals surface area contributed by atoms with Crippen molar-refractivity contribution in [1.29, 1.82) is 0 Å². The monoisotopic (exact) mass is 398 g/mol. The second-order valence-electron chi connectivity index (χ2n) is 6.90. The number of aromatic amines is 2.